The standard InChI is InChI=1S/C11H25NO/c1-6-13-10(4)11(12-5)8-7-9(2)3/h9-12H,6-8H2,1-5H3. The molecule has 0 aromatic heterocycles. The Morgan fingerprint density at radius 1 is 1.15 bits per heavy atom. The van der Waals surface area contributed by atoms with Gasteiger partial charge in [-0.2, -0.15) is 0 Å². The number of nitrogens with one attached hydrogen (secondary N) is 1. The molecule has 0 saturated heterocycles. The molecule has 0 spiro atoms. The first-order valence-electron chi connectivity index (χ1n) is 5.40. The Bertz CT molecular complexity index is 115. The first-order valence-corrected chi connectivity index (χ1v) is 5.40. The van der Waals surface area contributed by atoms with E-state index < -0.39 is 0 Å². The van der Waals surface area contributed by atoms with E-state index in [2.05, 4.69) is 26.1 Å². The van der Waals surface area contributed by atoms with Crippen LogP contribution in [0.15, 0.2) is 0 Å². The molecular weight excluding hydrogens is 162 g/mol. The molecule has 1 N–H and O–H groups in total. The minimum Gasteiger partial charge on any atom is -0.377 e. The fraction of sp³-hybridized carbons (Fsp3) is 1.00. The molecule has 0 rings (SSSR count). The SMILES string of the molecule is CCOC(C)C(CCC(C)C)NC. The normalized spacial score (nSPS) is 16.2. The molecule has 0 heterocycles. The zero-order chi connectivity index (χ0) is 10.3. The van der Waals surface area contributed by atoms with E-state index in [9.17, 15) is 0 Å². The summed E-state index contributed by atoms with van der Waals surface area (Å²) in [5, 5.41) is 3.32. The number of hydrogen-bond acceptors (Lipinski definition) is 2. The van der Waals surface area contributed by atoms with Crippen LogP contribution in [0.5, 0.6) is 0 Å². The lowest BCUT2D eigenvalue weighted by Gasteiger charge is -2.24. The van der Waals surface area contributed by atoms with Crippen molar-refractivity contribution < 1.29 is 4.74 Å². The van der Waals surface area contributed by atoms with Crippen LogP contribution in [0.2, 0.25) is 0 Å². The molecule has 13 heavy (non-hydrogen) atoms. The van der Waals surface area contributed by atoms with Gasteiger partial charge in [0.1, 0.15) is 0 Å². The van der Waals surface area contributed by atoms with Crippen molar-refractivity contribution in [3.63, 3.8) is 0 Å². The molecule has 0 aliphatic heterocycles. The van der Waals surface area contributed by atoms with Gasteiger partial charge in [-0.05, 0) is 39.7 Å². The third-order valence-electron chi connectivity index (χ3n) is 2.42. The Hall–Kier alpha value is -0.0800. The molecule has 0 aromatic carbocycles. The topological polar surface area (TPSA) is 21.3 Å². The molecule has 0 aliphatic rings. The van der Waals surface area contributed by atoms with Crippen molar-refractivity contribution in [1.29, 1.82) is 0 Å². The zero-order valence-electron chi connectivity index (χ0n) is 9.76. The smallest absolute Gasteiger partial charge is 0.0699 e. The van der Waals surface area contributed by atoms with E-state index in [1.807, 2.05) is 14.0 Å². The minimum atomic E-state index is 0.328. The third kappa shape index (κ3) is 6.05. The van der Waals surface area contributed by atoms with Gasteiger partial charge in [-0.3, -0.25) is 0 Å². The van der Waals surface area contributed by atoms with Gasteiger partial charge in [0.2, 0.25) is 0 Å². The summed E-state index contributed by atoms with van der Waals surface area (Å²) in [6.45, 7) is 9.52. The van der Waals surface area contributed by atoms with Crippen LogP contribution in [0.25, 0.3) is 0 Å². The van der Waals surface area contributed by atoms with Gasteiger partial charge in [-0.25, -0.2) is 0 Å². The van der Waals surface area contributed by atoms with E-state index >= 15 is 0 Å². The van der Waals surface area contributed by atoms with Crippen molar-refractivity contribution in [1.82, 2.24) is 5.32 Å². The molecule has 2 heteroatoms. The second-order valence-corrected chi connectivity index (χ2v) is 4.03. The molecule has 2 unspecified atom stereocenters. The van der Waals surface area contributed by atoms with Crippen molar-refractivity contribution in [2.45, 2.75) is 52.7 Å². The second-order valence-electron chi connectivity index (χ2n) is 4.03. The van der Waals surface area contributed by atoms with Crippen LogP contribution in [0.1, 0.15) is 40.5 Å². The van der Waals surface area contributed by atoms with E-state index in [-0.39, 0.29) is 0 Å². The number of ether oxygens (including phenoxy) is 1. The quantitative estimate of drug-likeness (QED) is 0.661. The lowest BCUT2D eigenvalue weighted by Crippen LogP contribution is -2.37. The van der Waals surface area contributed by atoms with Gasteiger partial charge in [0.15, 0.2) is 0 Å². The lowest BCUT2D eigenvalue weighted by atomic mass is 10.0. The maximum atomic E-state index is 5.56. The highest BCUT2D eigenvalue weighted by molar-refractivity contribution is 4.72. The summed E-state index contributed by atoms with van der Waals surface area (Å²) < 4.78 is 5.56. The summed E-state index contributed by atoms with van der Waals surface area (Å²) in [6.07, 6.45) is 2.80. The fourth-order valence-corrected chi connectivity index (χ4v) is 1.51. The van der Waals surface area contributed by atoms with E-state index in [4.69, 9.17) is 4.74 Å². The van der Waals surface area contributed by atoms with Crippen LogP contribution < -0.4 is 5.32 Å². The Morgan fingerprint density at radius 3 is 2.15 bits per heavy atom. The third-order valence-corrected chi connectivity index (χ3v) is 2.42. The molecule has 0 amide bonds. The van der Waals surface area contributed by atoms with Gasteiger partial charge < -0.3 is 10.1 Å². The van der Waals surface area contributed by atoms with E-state index in [1.165, 1.54) is 12.8 Å². The Labute approximate surface area is 83.1 Å². The van der Waals surface area contributed by atoms with E-state index in [0.29, 0.717) is 12.1 Å². The highest BCUT2D eigenvalue weighted by atomic mass is 16.5. The predicted octanol–water partition coefficient (Wildman–Crippen LogP) is 2.44. The molecule has 0 aromatic rings. The highest BCUT2D eigenvalue weighted by Crippen LogP contribution is 2.10. The fourth-order valence-electron chi connectivity index (χ4n) is 1.51. The van der Waals surface area contributed by atoms with Crippen LogP contribution in [-0.2, 0) is 4.74 Å². The van der Waals surface area contributed by atoms with Crippen LogP contribution in [0.3, 0.4) is 0 Å². The summed E-state index contributed by atoms with van der Waals surface area (Å²) in [5.74, 6) is 0.782. The maximum Gasteiger partial charge on any atom is 0.0699 e. The van der Waals surface area contributed by atoms with Crippen molar-refractivity contribution in [2.75, 3.05) is 13.7 Å². The molecule has 80 valence electrons. The predicted molar refractivity (Wildman–Crippen MR) is 58.0 cm³/mol. The van der Waals surface area contributed by atoms with Crippen LogP contribution >= 0.6 is 0 Å². The summed E-state index contributed by atoms with van der Waals surface area (Å²) in [7, 11) is 2.01. The Balaban J connectivity index is 3.73. The summed E-state index contributed by atoms with van der Waals surface area (Å²) >= 11 is 0. The monoisotopic (exact) mass is 187 g/mol. The molecule has 0 fully saturated rings. The molecule has 2 nitrogen and oxygen atoms in total. The average molecular weight is 187 g/mol. The first kappa shape index (κ1) is 12.9. The van der Waals surface area contributed by atoms with Gasteiger partial charge >= 0.3 is 0 Å². The van der Waals surface area contributed by atoms with Crippen molar-refractivity contribution >= 4 is 0 Å². The number of likely N-dealkylation sites (N-methyl/N-ethyl adjacent to an activating group) is 1. The first-order chi connectivity index (χ1) is 6.11. The van der Waals surface area contributed by atoms with Gasteiger partial charge in [-0.1, -0.05) is 13.8 Å². The zero-order valence-corrected chi connectivity index (χ0v) is 9.76. The van der Waals surface area contributed by atoms with Gasteiger partial charge in [-0.15, -0.1) is 0 Å². The van der Waals surface area contributed by atoms with Gasteiger partial charge in [0.05, 0.1) is 6.10 Å². The molecule has 0 radical (unpaired) electrons. The Kier molecular flexibility index (Phi) is 7.29. The van der Waals surface area contributed by atoms with Gasteiger partial charge in [0.25, 0.3) is 0 Å². The van der Waals surface area contributed by atoms with Gasteiger partial charge in [0, 0.05) is 12.6 Å². The maximum absolute atomic E-state index is 5.56. The van der Waals surface area contributed by atoms with Crippen molar-refractivity contribution in [3.05, 3.63) is 0 Å². The second kappa shape index (κ2) is 7.34. The van der Waals surface area contributed by atoms with Crippen LogP contribution in [0.4, 0.5) is 0 Å². The molecule has 2 atom stereocenters. The highest BCUT2D eigenvalue weighted by Gasteiger charge is 2.15. The van der Waals surface area contributed by atoms with E-state index in [1.54, 1.807) is 0 Å². The molecule has 0 bridgehead atoms. The number of hydrogen-bond donors (Lipinski definition) is 1. The summed E-state index contributed by atoms with van der Waals surface area (Å²) in [5.41, 5.74) is 0. The summed E-state index contributed by atoms with van der Waals surface area (Å²) in [6, 6.07) is 0.502. The van der Waals surface area contributed by atoms with E-state index in [0.717, 1.165) is 12.5 Å². The van der Waals surface area contributed by atoms with Crippen molar-refractivity contribution in [3.8, 4) is 0 Å². The minimum absolute atomic E-state index is 0.328. The lowest BCUT2D eigenvalue weighted by molar-refractivity contribution is 0.0459. The molecule has 0 saturated carbocycles. The molecular formula is C11H25NO. The van der Waals surface area contributed by atoms with Crippen LogP contribution in [0, 0.1) is 5.92 Å². The number of rotatable bonds is 7. The summed E-state index contributed by atoms with van der Waals surface area (Å²) in [4.78, 5) is 0. The largest absolute Gasteiger partial charge is 0.377 e. The molecule has 0 aliphatic carbocycles. The Morgan fingerprint density at radius 2 is 1.77 bits per heavy atom. The average Bonchev–Trinajstić information content (AvgIpc) is 2.05. The van der Waals surface area contributed by atoms with Crippen molar-refractivity contribution in [2.24, 2.45) is 5.92 Å². The van der Waals surface area contributed by atoms with Crippen LogP contribution in [-0.4, -0.2) is 25.8 Å².